The van der Waals surface area contributed by atoms with Crippen molar-refractivity contribution in [2.75, 3.05) is 25.1 Å². The first kappa shape index (κ1) is 17.8. The zero-order valence-electron chi connectivity index (χ0n) is 14.7. The van der Waals surface area contributed by atoms with Crippen molar-refractivity contribution >= 4 is 17.7 Å². The van der Waals surface area contributed by atoms with Gasteiger partial charge >= 0.3 is 5.97 Å². The number of hydrogen-bond acceptors (Lipinski definition) is 6. The summed E-state index contributed by atoms with van der Waals surface area (Å²) >= 11 is 0. The van der Waals surface area contributed by atoms with Crippen LogP contribution in [-0.4, -0.2) is 41.5 Å². The number of fused-ring (bicyclic) bond motifs is 1. The van der Waals surface area contributed by atoms with E-state index < -0.39 is 18.5 Å². The fourth-order valence-electron chi connectivity index (χ4n) is 2.51. The lowest BCUT2D eigenvalue weighted by atomic mass is 10.2. The highest BCUT2D eigenvalue weighted by atomic mass is 16.5. The summed E-state index contributed by atoms with van der Waals surface area (Å²) in [7, 11) is 0. The highest BCUT2D eigenvalue weighted by Gasteiger charge is 2.16. The normalized spacial score (nSPS) is 13.2. The Morgan fingerprint density at radius 3 is 2.77 bits per heavy atom. The summed E-state index contributed by atoms with van der Waals surface area (Å²) in [6, 6.07) is 6.60. The van der Waals surface area contributed by atoms with E-state index in [9.17, 15) is 9.59 Å². The van der Waals surface area contributed by atoms with Crippen LogP contribution in [0.1, 0.15) is 36.7 Å². The minimum atomic E-state index is -0.604. The Bertz CT molecular complexity index is 800. The maximum Gasteiger partial charge on any atom is 0.338 e. The van der Waals surface area contributed by atoms with E-state index in [-0.39, 0.29) is 6.04 Å². The van der Waals surface area contributed by atoms with Crippen molar-refractivity contribution < 1.29 is 23.8 Å². The number of ether oxygens (including phenoxy) is 3. The van der Waals surface area contributed by atoms with Crippen molar-refractivity contribution in [3.05, 3.63) is 36.0 Å². The first-order valence-corrected chi connectivity index (χ1v) is 8.44. The van der Waals surface area contributed by atoms with Gasteiger partial charge in [-0.15, -0.1) is 0 Å². The molecule has 0 radical (unpaired) electrons. The van der Waals surface area contributed by atoms with E-state index >= 15 is 0 Å². The number of rotatable bonds is 5. The Kier molecular flexibility index (Phi) is 5.40. The molecule has 26 heavy (non-hydrogen) atoms. The van der Waals surface area contributed by atoms with Crippen molar-refractivity contribution in [1.82, 2.24) is 9.78 Å². The number of carbonyl (C=O) groups is 2. The van der Waals surface area contributed by atoms with Crippen LogP contribution in [0.2, 0.25) is 0 Å². The molecule has 1 aromatic carbocycles. The van der Waals surface area contributed by atoms with Crippen molar-refractivity contribution in [2.45, 2.75) is 26.3 Å². The summed E-state index contributed by atoms with van der Waals surface area (Å²) < 4.78 is 17.8. The molecule has 1 aromatic heterocycles. The van der Waals surface area contributed by atoms with Gasteiger partial charge in [-0.05, 0) is 32.0 Å². The Balaban J connectivity index is 1.57. The smallest absolute Gasteiger partial charge is 0.338 e. The molecular formula is C18H21N3O5. The van der Waals surface area contributed by atoms with E-state index in [1.165, 1.54) is 0 Å². The van der Waals surface area contributed by atoms with Gasteiger partial charge in [0.15, 0.2) is 18.1 Å². The Morgan fingerprint density at radius 1 is 1.23 bits per heavy atom. The zero-order valence-corrected chi connectivity index (χ0v) is 14.7. The Morgan fingerprint density at radius 2 is 2.00 bits per heavy atom. The lowest BCUT2D eigenvalue weighted by Crippen LogP contribution is -2.23. The summed E-state index contributed by atoms with van der Waals surface area (Å²) in [5, 5.41) is 6.81. The number of benzene rings is 1. The highest BCUT2D eigenvalue weighted by Crippen LogP contribution is 2.30. The van der Waals surface area contributed by atoms with Gasteiger partial charge in [0.05, 0.1) is 25.0 Å². The van der Waals surface area contributed by atoms with Crippen LogP contribution in [0.15, 0.2) is 30.5 Å². The molecule has 0 bridgehead atoms. The van der Waals surface area contributed by atoms with Crippen molar-refractivity contribution in [3.63, 3.8) is 0 Å². The Labute approximate surface area is 151 Å². The first-order valence-electron chi connectivity index (χ1n) is 8.44. The molecule has 1 amide bonds. The third-order valence-electron chi connectivity index (χ3n) is 3.74. The predicted molar refractivity (Wildman–Crippen MR) is 93.6 cm³/mol. The maximum absolute atomic E-state index is 12.2. The summed E-state index contributed by atoms with van der Waals surface area (Å²) in [6.45, 7) is 4.61. The van der Waals surface area contributed by atoms with Gasteiger partial charge in [-0.2, -0.15) is 5.10 Å². The lowest BCUT2D eigenvalue weighted by molar-refractivity contribution is -0.119. The number of esters is 1. The average Bonchev–Trinajstić information content (AvgIpc) is 2.95. The van der Waals surface area contributed by atoms with Gasteiger partial charge in [0.2, 0.25) is 0 Å². The second kappa shape index (κ2) is 7.90. The molecule has 0 fully saturated rings. The molecule has 8 nitrogen and oxygen atoms in total. The van der Waals surface area contributed by atoms with E-state index in [2.05, 4.69) is 10.4 Å². The van der Waals surface area contributed by atoms with Gasteiger partial charge in [0.25, 0.3) is 5.91 Å². The molecule has 1 aliphatic heterocycles. The zero-order chi connectivity index (χ0) is 18.5. The van der Waals surface area contributed by atoms with Gasteiger partial charge in [0, 0.05) is 18.5 Å². The molecule has 0 saturated heterocycles. The molecule has 0 unspecified atom stereocenters. The molecule has 2 heterocycles. The SMILES string of the molecule is CC(C)n1nccc1NC(=O)COC(=O)c1ccc2c(c1)OCCCO2. The van der Waals surface area contributed by atoms with Gasteiger partial charge in [0.1, 0.15) is 5.82 Å². The lowest BCUT2D eigenvalue weighted by Gasteiger charge is -2.12. The number of hydrogen-bond donors (Lipinski definition) is 1. The summed E-state index contributed by atoms with van der Waals surface area (Å²) in [6.07, 6.45) is 2.38. The maximum atomic E-state index is 12.2. The Hall–Kier alpha value is -3.03. The molecule has 0 saturated carbocycles. The third-order valence-corrected chi connectivity index (χ3v) is 3.74. The van der Waals surface area contributed by atoms with Crippen LogP contribution in [0.25, 0.3) is 0 Å². The van der Waals surface area contributed by atoms with Crippen molar-refractivity contribution in [2.24, 2.45) is 0 Å². The van der Waals surface area contributed by atoms with Gasteiger partial charge in [-0.3, -0.25) is 4.79 Å². The van der Waals surface area contributed by atoms with Crippen LogP contribution in [0.4, 0.5) is 5.82 Å². The van der Waals surface area contributed by atoms with Crippen LogP contribution >= 0.6 is 0 Å². The molecule has 0 aliphatic carbocycles. The average molecular weight is 359 g/mol. The number of aromatic nitrogens is 2. The first-order chi connectivity index (χ1) is 12.5. The van der Waals surface area contributed by atoms with Crippen LogP contribution in [-0.2, 0) is 9.53 Å². The number of nitrogens with zero attached hydrogens (tertiary/aromatic N) is 2. The second-order valence-electron chi connectivity index (χ2n) is 6.09. The number of carbonyl (C=O) groups excluding carboxylic acids is 2. The standard InChI is InChI=1S/C18H21N3O5/c1-12(2)21-16(6-7-19-21)20-17(22)11-26-18(23)13-4-5-14-15(10-13)25-9-3-8-24-14/h4-7,10,12H,3,8-9,11H2,1-2H3,(H,20,22). The topological polar surface area (TPSA) is 91.7 Å². The second-order valence-corrected chi connectivity index (χ2v) is 6.09. The van der Waals surface area contributed by atoms with E-state index in [0.29, 0.717) is 36.1 Å². The van der Waals surface area contributed by atoms with Crippen LogP contribution in [0.3, 0.4) is 0 Å². The third kappa shape index (κ3) is 4.14. The van der Waals surface area contributed by atoms with Gasteiger partial charge in [-0.25, -0.2) is 9.48 Å². The summed E-state index contributed by atoms with van der Waals surface area (Å²) in [5.74, 6) is 0.612. The molecule has 8 heteroatoms. The molecule has 3 rings (SSSR count). The van der Waals surface area contributed by atoms with E-state index in [4.69, 9.17) is 14.2 Å². The summed E-state index contributed by atoms with van der Waals surface area (Å²) in [5.41, 5.74) is 0.300. The number of nitrogens with one attached hydrogen (secondary N) is 1. The predicted octanol–water partition coefficient (Wildman–Crippen LogP) is 2.42. The summed E-state index contributed by atoms with van der Waals surface area (Å²) in [4.78, 5) is 24.2. The van der Waals surface area contributed by atoms with Crippen LogP contribution < -0.4 is 14.8 Å². The molecule has 0 atom stereocenters. The molecule has 138 valence electrons. The fraction of sp³-hybridized carbons (Fsp3) is 0.389. The number of anilines is 1. The minimum Gasteiger partial charge on any atom is -0.490 e. The van der Waals surface area contributed by atoms with Crippen LogP contribution in [0, 0.1) is 0 Å². The molecule has 2 aromatic rings. The molecule has 1 N–H and O–H groups in total. The number of amides is 1. The quantitative estimate of drug-likeness (QED) is 0.825. The van der Waals surface area contributed by atoms with Crippen molar-refractivity contribution in [1.29, 1.82) is 0 Å². The van der Waals surface area contributed by atoms with Gasteiger partial charge in [-0.1, -0.05) is 0 Å². The van der Waals surface area contributed by atoms with E-state index in [1.807, 2.05) is 13.8 Å². The molecule has 0 spiro atoms. The van der Waals surface area contributed by atoms with Crippen LogP contribution in [0.5, 0.6) is 11.5 Å². The van der Waals surface area contributed by atoms with E-state index in [0.717, 1.165) is 6.42 Å². The van der Waals surface area contributed by atoms with Crippen molar-refractivity contribution in [3.8, 4) is 11.5 Å². The molecule has 1 aliphatic rings. The minimum absolute atomic E-state index is 0.102. The fourth-order valence-corrected chi connectivity index (χ4v) is 2.51. The van der Waals surface area contributed by atoms with Gasteiger partial charge < -0.3 is 19.5 Å². The highest BCUT2D eigenvalue weighted by molar-refractivity contribution is 5.95. The van der Waals surface area contributed by atoms with E-state index in [1.54, 1.807) is 35.1 Å². The largest absolute Gasteiger partial charge is 0.490 e. The monoisotopic (exact) mass is 359 g/mol. The molecular weight excluding hydrogens is 338 g/mol.